The minimum Gasteiger partial charge on any atom is -0.142 e. The van der Waals surface area contributed by atoms with Crippen LogP contribution in [-0.4, -0.2) is 0 Å². The molecule has 0 aliphatic rings. The van der Waals surface area contributed by atoms with E-state index in [0.29, 0.717) is 0 Å². The summed E-state index contributed by atoms with van der Waals surface area (Å²) in [4.78, 5) is 9.59. The normalized spacial score (nSPS) is 11.7. The number of rotatable bonds is 4. The number of aryl methyl sites for hydroxylation is 1. The van der Waals surface area contributed by atoms with Crippen LogP contribution in [0.2, 0.25) is 0 Å². The van der Waals surface area contributed by atoms with E-state index in [1.165, 1.54) is 43.6 Å². The largest absolute Gasteiger partial charge is 0.142 e. The number of thioether (sulfide) groups is 1. The molecule has 0 saturated carbocycles. The van der Waals surface area contributed by atoms with Crippen molar-refractivity contribution in [1.82, 2.24) is 0 Å². The summed E-state index contributed by atoms with van der Waals surface area (Å²) in [5.41, 5.74) is 0. The standard InChI is InChI=1S/C19H16S5.C2H6/c1-4-11(2)21-13-8-16(20-10-13)14-5-6-15(23-14)18-9-19-17(24-18)7-12(3)22-19;1-2/h4-10H,1-3H3;1-2H3/b11-4-;. The number of hydrogen-bond acceptors (Lipinski definition) is 5. The molecule has 4 heterocycles. The molecule has 4 aromatic heterocycles. The summed E-state index contributed by atoms with van der Waals surface area (Å²) in [6, 6.07) is 11.5. The monoisotopic (exact) mass is 434 g/mol. The second kappa shape index (κ2) is 8.89. The van der Waals surface area contributed by atoms with E-state index < -0.39 is 0 Å². The van der Waals surface area contributed by atoms with Crippen LogP contribution in [0.25, 0.3) is 28.9 Å². The maximum absolute atomic E-state index is 2.35. The molecule has 0 spiro atoms. The van der Waals surface area contributed by atoms with E-state index in [-0.39, 0.29) is 0 Å². The van der Waals surface area contributed by atoms with Crippen molar-refractivity contribution >= 4 is 66.5 Å². The van der Waals surface area contributed by atoms with E-state index in [1.807, 2.05) is 71.0 Å². The molecule has 0 nitrogen and oxygen atoms in total. The highest BCUT2D eigenvalue weighted by Crippen LogP contribution is 2.44. The Hall–Kier alpha value is -0.850. The van der Waals surface area contributed by atoms with Gasteiger partial charge in [-0.05, 0) is 56.0 Å². The lowest BCUT2D eigenvalue weighted by Crippen LogP contribution is -1.65. The van der Waals surface area contributed by atoms with Gasteiger partial charge in [-0.3, -0.25) is 0 Å². The highest BCUT2D eigenvalue weighted by Gasteiger charge is 2.11. The van der Waals surface area contributed by atoms with E-state index in [9.17, 15) is 0 Å². The van der Waals surface area contributed by atoms with Gasteiger partial charge in [-0.1, -0.05) is 31.7 Å². The molecule has 0 aromatic carbocycles. The lowest BCUT2D eigenvalue weighted by molar-refractivity contribution is 1.50. The van der Waals surface area contributed by atoms with Crippen molar-refractivity contribution in [1.29, 1.82) is 0 Å². The fourth-order valence-corrected chi connectivity index (χ4v) is 7.78. The van der Waals surface area contributed by atoms with Crippen molar-refractivity contribution in [3.05, 3.63) is 51.6 Å². The molecule has 136 valence electrons. The summed E-state index contributed by atoms with van der Waals surface area (Å²) in [6.45, 7) is 10.4. The highest BCUT2D eigenvalue weighted by atomic mass is 32.2. The zero-order valence-electron chi connectivity index (χ0n) is 15.6. The fraction of sp³-hybridized carbons (Fsp3) is 0.238. The molecule has 0 aliphatic carbocycles. The first kappa shape index (κ1) is 19.9. The van der Waals surface area contributed by atoms with E-state index >= 15 is 0 Å². The average molecular weight is 435 g/mol. The first-order valence-electron chi connectivity index (χ1n) is 8.62. The Morgan fingerprint density at radius 2 is 1.58 bits per heavy atom. The topological polar surface area (TPSA) is 0 Å². The minimum atomic E-state index is 1.34. The van der Waals surface area contributed by atoms with Crippen LogP contribution in [0.3, 0.4) is 0 Å². The van der Waals surface area contributed by atoms with Crippen LogP contribution in [0.1, 0.15) is 32.6 Å². The minimum absolute atomic E-state index is 1.34. The van der Waals surface area contributed by atoms with Crippen LogP contribution >= 0.6 is 57.1 Å². The van der Waals surface area contributed by atoms with Crippen LogP contribution in [0, 0.1) is 6.92 Å². The highest BCUT2D eigenvalue weighted by molar-refractivity contribution is 8.03. The Balaban J connectivity index is 0.000000948. The SMILES string of the molecule is C/C=C(/C)Sc1csc(-c2ccc(-c3cc4sc(C)cc4s3)s2)c1.CC. The third-order valence-corrected chi connectivity index (χ3v) is 9.48. The summed E-state index contributed by atoms with van der Waals surface area (Å²) in [5.74, 6) is 0. The van der Waals surface area contributed by atoms with Crippen LogP contribution in [0.15, 0.2) is 51.6 Å². The van der Waals surface area contributed by atoms with Crippen LogP contribution in [0.4, 0.5) is 0 Å². The first-order chi connectivity index (χ1) is 12.6. The maximum atomic E-state index is 2.35. The van der Waals surface area contributed by atoms with Gasteiger partial charge < -0.3 is 0 Å². The second-order valence-electron chi connectivity index (χ2n) is 5.51. The van der Waals surface area contributed by atoms with Crippen LogP contribution in [0.5, 0.6) is 0 Å². The number of thiophene rings is 4. The summed E-state index contributed by atoms with van der Waals surface area (Å²) in [7, 11) is 0. The van der Waals surface area contributed by atoms with Crippen molar-refractivity contribution in [2.24, 2.45) is 0 Å². The van der Waals surface area contributed by atoms with Crippen molar-refractivity contribution < 1.29 is 0 Å². The van der Waals surface area contributed by atoms with Gasteiger partial charge in [-0.25, -0.2) is 0 Å². The van der Waals surface area contributed by atoms with E-state index in [2.05, 4.69) is 62.6 Å². The molecule has 4 rings (SSSR count). The molecule has 0 amide bonds. The van der Waals surface area contributed by atoms with Gasteiger partial charge in [0.15, 0.2) is 0 Å². The molecule has 0 unspecified atom stereocenters. The lowest BCUT2D eigenvalue weighted by atomic mass is 10.3. The fourth-order valence-electron chi connectivity index (χ4n) is 2.43. The predicted molar refractivity (Wildman–Crippen MR) is 128 cm³/mol. The molecule has 4 aromatic rings. The van der Waals surface area contributed by atoms with Gasteiger partial charge in [0, 0.05) is 44.1 Å². The molecule has 0 saturated heterocycles. The zero-order chi connectivity index (χ0) is 18.7. The summed E-state index contributed by atoms with van der Waals surface area (Å²) < 4.78 is 2.83. The molecule has 5 heteroatoms. The maximum Gasteiger partial charge on any atom is 0.0463 e. The second-order valence-corrected chi connectivity index (χ2v) is 11.2. The molecular weight excluding hydrogens is 413 g/mol. The summed E-state index contributed by atoms with van der Waals surface area (Å²) in [6.07, 6.45) is 2.16. The molecule has 0 aliphatic heterocycles. The Bertz CT molecular complexity index is 991. The van der Waals surface area contributed by atoms with Gasteiger partial charge in [0.05, 0.1) is 0 Å². The van der Waals surface area contributed by atoms with Crippen LogP contribution in [-0.2, 0) is 0 Å². The van der Waals surface area contributed by atoms with Gasteiger partial charge in [0.1, 0.15) is 0 Å². The van der Waals surface area contributed by atoms with Gasteiger partial charge in [0.25, 0.3) is 0 Å². The van der Waals surface area contributed by atoms with Gasteiger partial charge in [-0.15, -0.1) is 45.3 Å². The lowest BCUT2D eigenvalue weighted by Gasteiger charge is -1.95. The number of allylic oxidation sites excluding steroid dienone is 2. The molecule has 0 atom stereocenters. The van der Waals surface area contributed by atoms with Crippen molar-refractivity contribution in [2.45, 2.75) is 39.5 Å². The van der Waals surface area contributed by atoms with Gasteiger partial charge >= 0.3 is 0 Å². The van der Waals surface area contributed by atoms with Crippen molar-refractivity contribution in [3.63, 3.8) is 0 Å². The summed E-state index contributed by atoms with van der Waals surface area (Å²) >= 11 is 9.39. The third-order valence-electron chi connectivity index (χ3n) is 3.68. The molecule has 0 bridgehead atoms. The Labute approximate surface area is 176 Å². The molecule has 0 radical (unpaired) electrons. The number of fused-ring (bicyclic) bond motifs is 1. The molecular formula is C21H22S5. The Kier molecular flexibility index (Phi) is 6.81. The Morgan fingerprint density at radius 1 is 0.885 bits per heavy atom. The van der Waals surface area contributed by atoms with Gasteiger partial charge in [0.2, 0.25) is 0 Å². The van der Waals surface area contributed by atoms with Crippen LogP contribution < -0.4 is 0 Å². The van der Waals surface area contributed by atoms with E-state index in [4.69, 9.17) is 0 Å². The quantitative estimate of drug-likeness (QED) is 0.288. The smallest absolute Gasteiger partial charge is 0.0463 e. The molecule has 26 heavy (non-hydrogen) atoms. The Morgan fingerprint density at radius 3 is 2.27 bits per heavy atom. The average Bonchev–Trinajstić information content (AvgIpc) is 3.38. The molecule has 0 fully saturated rings. The predicted octanol–water partition coefficient (Wildman–Crippen LogP) is 9.77. The van der Waals surface area contributed by atoms with E-state index in [1.54, 1.807) is 0 Å². The zero-order valence-corrected chi connectivity index (χ0v) is 19.7. The summed E-state index contributed by atoms with van der Waals surface area (Å²) in [5, 5.41) is 2.26. The van der Waals surface area contributed by atoms with Crippen molar-refractivity contribution in [3.8, 4) is 19.5 Å². The first-order valence-corrected chi connectivity index (χ1v) is 12.8. The van der Waals surface area contributed by atoms with Crippen molar-refractivity contribution in [2.75, 3.05) is 0 Å². The van der Waals surface area contributed by atoms with Gasteiger partial charge in [-0.2, -0.15) is 0 Å². The molecule has 0 N–H and O–H groups in total. The number of hydrogen-bond donors (Lipinski definition) is 0. The third kappa shape index (κ3) is 4.34. The van der Waals surface area contributed by atoms with E-state index in [0.717, 1.165) is 0 Å².